The Kier molecular flexibility index (Phi) is 6.80. The standard InChI is InChI=1S/C24H22BrClFN5O2S/c25-20-14-29-32-23(12-22(30-24(20)32)19-8-1-2-9-21(19)26)28-13-16-5-4-10-31(15-16)35(33,34)18-7-3-6-17(27)11-18/h1-3,6-9,11-12,14,16,28H,4-5,10,13,15H2. The quantitative estimate of drug-likeness (QED) is 0.329. The van der Waals surface area contributed by atoms with Crippen LogP contribution in [-0.4, -0.2) is 47.0 Å². The van der Waals surface area contributed by atoms with Crippen molar-refractivity contribution >= 4 is 49.0 Å². The Balaban J connectivity index is 1.38. The maximum absolute atomic E-state index is 13.6. The number of hydrogen-bond donors (Lipinski definition) is 1. The Morgan fingerprint density at radius 2 is 2.00 bits per heavy atom. The van der Waals surface area contributed by atoms with Gasteiger partial charge in [-0.05, 0) is 59.0 Å². The number of anilines is 1. The molecule has 0 amide bonds. The van der Waals surface area contributed by atoms with E-state index in [1.165, 1.54) is 22.5 Å². The van der Waals surface area contributed by atoms with Crippen LogP contribution in [0.4, 0.5) is 10.2 Å². The molecule has 182 valence electrons. The van der Waals surface area contributed by atoms with Crippen molar-refractivity contribution in [3.05, 3.63) is 76.1 Å². The van der Waals surface area contributed by atoms with E-state index in [0.717, 1.165) is 34.8 Å². The minimum absolute atomic E-state index is 0.0206. The van der Waals surface area contributed by atoms with Gasteiger partial charge in [0.2, 0.25) is 10.0 Å². The number of nitrogens with zero attached hydrogens (tertiary/aromatic N) is 4. The molecule has 4 aromatic rings. The summed E-state index contributed by atoms with van der Waals surface area (Å²) < 4.78 is 43.7. The molecule has 1 saturated heterocycles. The molecule has 0 spiro atoms. The predicted molar refractivity (Wildman–Crippen MR) is 138 cm³/mol. The zero-order valence-corrected chi connectivity index (χ0v) is 21.7. The molecule has 2 aromatic heterocycles. The van der Waals surface area contributed by atoms with E-state index in [2.05, 4.69) is 26.3 Å². The fourth-order valence-corrected chi connectivity index (χ4v) is 6.47. The molecular weight excluding hydrogens is 557 g/mol. The molecule has 1 aliphatic heterocycles. The minimum atomic E-state index is -3.76. The smallest absolute Gasteiger partial charge is 0.243 e. The zero-order valence-electron chi connectivity index (χ0n) is 18.5. The highest BCUT2D eigenvalue weighted by Crippen LogP contribution is 2.31. The lowest BCUT2D eigenvalue weighted by atomic mass is 10.00. The van der Waals surface area contributed by atoms with Gasteiger partial charge < -0.3 is 5.32 Å². The first-order chi connectivity index (χ1) is 16.8. The first kappa shape index (κ1) is 24.2. The fourth-order valence-electron chi connectivity index (χ4n) is 4.31. The monoisotopic (exact) mass is 577 g/mol. The maximum Gasteiger partial charge on any atom is 0.243 e. The summed E-state index contributed by atoms with van der Waals surface area (Å²) in [5.41, 5.74) is 2.15. The molecule has 11 heteroatoms. The third-order valence-electron chi connectivity index (χ3n) is 6.07. The lowest BCUT2D eigenvalue weighted by Gasteiger charge is -2.32. The van der Waals surface area contributed by atoms with E-state index >= 15 is 0 Å². The normalized spacial score (nSPS) is 17.1. The molecule has 35 heavy (non-hydrogen) atoms. The first-order valence-electron chi connectivity index (χ1n) is 11.1. The molecule has 1 aliphatic rings. The van der Waals surface area contributed by atoms with Gasteiger partial charge in [0.05, 0.1) is 21.3 Å². The molecule has 5 rings (SSSR count). The molecule has 2 aromatic carbocycles. The molecule has 0 radical (unpaired) electrons. The minimum Gasteiger partial charge on any atom is -0.370 e. The van der Waals surface area contributed by atoms with Crippen LogP contribution >= 0.6 is 27.5 Å². The zero-order chi connectivity index (χ0) is 24.6. The largest absolute Gasteiger partial charge is 0.370 e. The van der Waals surface area contributed by atoms with Crippen molar-refractivity contribution in [1.82, 2.24) is 18.9 Å². The van der Waals surface area contributed by atoms with Gasteiger partial charge in [-0.1, -0.05) is 35.9 Å². The van der Waals surface area contributed by atoms with Crippen LogP contribution in [0, 0.1) is 11.7 Å². The van der Waals surface area contributed by atoms with Crippen molar-refractivity contribution < 1.29 is 12.8 Å². The van der Waals surface area contributed by atoms with Crippen LogP contribution in [0.15, 0.2) is 70.2 Å². The van der Waals surface area contributed by atoms with E-state index in [-0.39, 0.29) is 10.8 Å². The van der Waals surface area contributed by atoms with Gasteiger partial charge >= 0.3 is 0 Å². The van der Waals surface area contributed by atoms with E-state index in [1.807, 2.05) is 30.3 Å². The average Bonchev–Trinajstić information content (AvgIpc) is 3.23. The topological polar surface area (TPSA) is 79.6 Å². The SMILES string of the molecule is O=S(=O)(c1cccc(F)c1)N1CCCC(CNc2cc(-c3ccccc3Cl)nc3c(Br)cnn23)C1. The molecule has 1 N–H and O–H groups in total. The van der Waals surface area contributed by atoms with Gasteiger partial charge in [0.15, 0.2) is 5.65 Å². The molecule has 3 heterocycles. The summed E-state index contributed by atoms with van der Waals surface area (Å²) in [6.45, 7) is 1.30. The summed E-state index contributed by atoms with van der Waals surface area (Å²) in [6.07, 6.45) is 3.28. The molecule has 1 fully saturated rings. The van der Waals surface area contributed by atoms with Crippen molar-refractivity contribution in [3.8, 4) is 11.3 Å². The summed E-state index contributed by atoms with van der Waals surface area (Å²) in [7, 11) is -3.76. The number of benzene rings is 2. The second kappa shape index (κ2) is 9.85. The van der Waals surface area contributed by atoms with Gasteiger partial charge in [-0.3, -0.25) is 0 Å². The molecule has 1 unspecified atom stereocenters. The second-order valence-corrected chi connectivity index (χ2v) is 11.6. The second-order valence-electron chi connectivity index (χ2n) is 8.44. The molecule has 0 saturated carbocycles. The van der Waals surface area contributed by atoms with Gasteiger partial charge in [-0.25, -0.2) is 17.8 Å². The third-order valence-corrected chi connectivity index (χ3v) is 8.82. The van der Waals surface area contributed by atoms with E-state index in [0.29, 0.717) is 36.0 Å². The van der Waals surface area contributed by atoms with Crippen LogP contribution in [0.2, 0.25) is 5.02 Å². The van der Waals surface area contributed by atoms with Gasteiger partial charge in [0, 0.05) is 36.3 Å². The highest BCUT2D eigenvalue weighted by atomic mass is 79.9. The van der Waals surface area contributed by atoms with E-state index in [4.69, 9.17) is 16.6 Å². The van der Waals surface area contributed by atoms with E-state index in [9.17, 15) is 12.8 Å². The number of hydrogen-bond acceptors (Lipinski definition) is 5. The van der Waals surface area contributed by atoms with Crippen LogP contribution in [-0.2, 0) is 10.0 Å². The average molecular weight is 579 g/mol. The predicted octanol–water partition coefficient (Wildman–Crippen LogP) is 5.46. The molecule has 7 nitrogen and oxygen atoms in total. The Morgan fingerprint density at radius 1 is 1.17 bits per heavy atom. The number of halogens is 3. The van der Waals surface area contributed by atoms with E-state index in [1.54, 1.807) is 10.7 Å². The fraction of sp³-hybridized carbons (Fsp3) is 0.250. The summed E-state index contributed by atoms with van der Waals surface area (Å²) in [5.74, 6) is 0.224. The number of piperidine rings is 1. The van der Waals surface area contributed by atoms with Crippen molar-refractivity contribution in [3.63, 3.8) is 0 Å². The summed E-state index contributed by atoms with van der Waals surface area (Å²) in [6, 6.07) is 14.5. The molecular formula is C24H22BrClFN5O2S. The Bertz CT molecular complexity index is 1500. The molecule has 1 atom stereocenters. The van der Waals surface area contributed by atoms with Crippen LogP contribution in [0.1, 0.15) is 12.8 Å². The van der Waals surface area contributed by atoms with Crippen molar-refractivity contribution in [1.29, 1.82) is 0 Å². The number of sulfonamides is 1. The van der Waals surface area contributed by atoms with Crippen LogP contribution in [0.25, 0.3) is 16.9 Å². The van der Waals surface area contributed by atoms with Crippen molar-refractivity contribution in [2.45, 2.75) is 17.7 Å². The lowest BCUT2D eigenvalue weighted by molar-refractivity contribution is 0.275. The summed E-state index contributed by atoms with van der Waals surface area (Å²) in [4.78, 5) is 4.70. The van der Waals surface area contributed by atoms with Crippen molar-refractivity contribution in [2.75, 3.05) is 25.0 Å². The van der Waals surface area contributed by atoms with Crippen molar-refractivity contribution in [2.24, 2.45) is 5.92 Å². The number of rotatable bonds is 6. The van der Waals surface area contributed by atoms with Gasteiger partial charge in [-0.2, -0.15) is 13.9 Å². The van der Waals surface area contributed by atoms with E-state index < -0.39 is 15.8 Å². The number of nitrogens with one attached hydrogen (secondary N) is 1. The molecule has 0 aliphatic carbocycles. The summed E-state index contributed by atoms with van der Waals surface area (Å²) >= 11 is 9.92. The Labute approximate surface area is 216 Å². The van der Waals surface area contributed by atoms with Gasteiger partial charge in [0.1, 0.15) is 11.6 Å². The number of fused-ring (bicyclic) bond motifs is 1. The maximum atomic E-state index is 13.6. The van der Waals surface area contributed by atoms with Gasteiger partial charge in [-0.15, -0.1) is 0 Å². The molecule has 0 bridgehead atoms. The third kappa shape index (κ3) is 4.93. The first-order valence-corrected chi connectivity index (χ1v) is 13.7. The number of aromatic nitrogens is 3. The Morgan fingerprint density at radius 3 is 2.80 bits per heavy atom. The van der Waals surface area contributed by atoms with Crippen LogP contribution in [0.5, 0.6) is 0 Å². The lowest BCUT2D eigenvalue weighted by Crippen LogP contribution is -2.41. The Hall–Kier alpha value is -2.53. The van der Waals surface area contributed by atoms with Gasteiger partial charge in [0.25, 0.3) is 0 Å². The van der Waals surface area contributed by atoms with Crippen LogP contribution in [0.3, 0.4) is 0 Å². The summed E-state index contributed by atoms with van der Waals surface area (Å²) in [5, 5.41) is 8.44. The highest BCUT2D eigenvalue weighted by Gasteiger charge is 2.30. The van der Waals surface area contributed by atoms with Crippen LogP contribution < -0.4 is 5.32 Å². The highest BCUT2D eigenvalue weighted by molar-refractivity contribution is 9.10.